The van der Waals surface area contributed by atoms with E-state index >= 15 is 0 Å². The number of nitro groups is 2. The van der Waals surface area contributed by atoms with E-state index in [9.17, 15) is 47.8 Å². The van der Waals surface area contributed by atoms with Gasteiger partial charge in [0.15, 0.2) is 0 Å². The second kappa shape index (κ2) is 11.2. The lowest BCUT2D eigenvalue weighted by atomic mass is 9.98. The Morgan fingerprint density at radius 1 is 0.895 bits per heavy atom. The number of esters is 2. The van der Waals surface area contributed by atoms with Crippen molar-refractivity contribution >= 4 is 29.2 Å². The minimum atomic E-state index is -5.28. The summed E-state index contributed by atoms with van der Waals surface area (Å²) >= 11 is 0. The number of carbonyl (C=O) groups excluding carboxylic acids is 3. The molecule has 1 saturated heterocycles. The van der Waals surface area contributed by atoms with Crippen molar-refractivity contribution in [2.24, 2.45) is 0 Å². The summed E-state index contributed by atoms with van der Waals surface area (Å²) in [5, 5.41) is 23.3. The predicted molar refractivity (Wildman–Crippen MR) is 118 cm³/mol. The molecule has 1 N–H and O–H groups in total. The minimum Gasteiger partial charge on any atom is -0.454 e. The van der Waals surface area contributed by atoms with Crippen LogP contribution in [0.5, 0.6) is 0 Å². The number of nitrogens with zero attached hydrogens (tertiary/aromatic N) is 2. The minimum absolute atomic E-state index is 0.116. The molecule has 0 saturated carbocycles. The molecule has 4 atom stereocenters. The number of nitro benzene ring substituents is 2. The second-order valence-corrected chi connectivity index (χ2v) is 7.97. The van der Waals surface area contributed by atoms with E-state index in [2.05, 4.69) is 0 Å². The van der Waals surface area contributed by atoms with Crippen molar-refractivity contribution in [3.8, 4) is 0 Å². The third-order valence-electron chi connectivity index (χ3n) is 5.36. The molecule has 1 aliphatic heterocycles. The molecule has 13 nitrogen and oxygen atoms in total. The monoisotopic (exact) mass is 541 g/mol. The molecule has 1 heterocycles. The number of hydrogen-bond donors (Lipinski definition) is 1. The summed E-state index contributed by atoms with van der Waals surface area (Å²) in [5.41, 5.74) is -0.884. The van der Waals surface area contributed by atoms with Crippen LogP contribution in [-0.4, -0.2) is 58.4 Å². The van der Waals surface area contributed by atoms with Crippen LogP contribution >= 0.6 is 0 Å². The number of carbonyl (C=O) groups is 3. The SMILES string of the molecule is CC1O[C@@H](OC(=O)c2ccc([N+](=O)[O-])cc2)C[C@@H](NC(=O)C(F)(F)F)[C@@H]1OC(=O)c1ccc([N+](=O)[O-])cc1. The van der Waals surface area contributed by atoms with Gasteiger partial charge in [-0.2, -0.15) is 13.2 Å². The fourth-order valence-electron chi connectivity index (χ4n) is 3.50. The molecule has 38 heavy (non-hydrogen) atoms. The van der Waals surface area contributed by atoms with Gasteiger partial charge in [0, 0.05) is 30.7 Å². The number of amides is 1. The van der Waals surface area contributed by atoms with Gasteiger partial charge in [-0.3, -0.25) is 25.0 Å². The van der Waals surface area contributed by atoms with Gasteiger partial charge in [0.05, 0.1) is 33.1 Å². The molecule has 3 rings (SSSR count). The van der Waals surface area contributed by atoms with E-state index in [-0.39, 0.29) is 22.5 Å². The Bertz CT molecular complexity index is 1230. The van der Waals surface area contributed by atoms with Crippen molar-refractivity contribution in [1.29, 1.82) is 0 Å². The molecule has 0 aliphatic carbocycles. The molecule has 1 aliphatic rings. The van der Waals surface area contributed by atoms with Gasteiger partial charge in [0.25, 0.3) is 11.4 Å². The highest BCUT2D eigenvalue weighted by molar-refractivity contribution is 5.90. The Balaban J connectivity index is 1.76. The van der Waals surface area contributed by atoms with E-state index < -0.39 is 64.8 Å². The Morgan fingerprint density at radius 2 is 1.34 bits per heavy atom. The summed E-state index contributed by atoms with van der Waals surface area (Å²) in [6, 6.07) is 6.96. The third kappa shape index (κ3) is 6.78. The molecule has 1 amide bonds. The number of ether oxygens (including phenoxy) is 3. The van der Waals surface area contributed by atoms with Crippen LogP contribution < -0.4 is 5.32 Å². The zero-order valence-electron chi connectivity index (χ0n) is 19.2. The first-order valence-electron chi connectivity index (χ1n) is 10.7. The first-order chi connectivity index (χ1) is 17.8. The Labute approximate surface area is 210 Å². The molecular formula is C22H18F3N3O10. The first-order valence-corrected chi connectivity index (χ1v) is 10.7. The van der Waals surface area contributed by atoms with Crippen LogP contribution in [0.3, 0.4) is 0 Å². The van der Waals surface area contributed by atoms with Crippen molar-refractivity contribution in [3.63, 3.8) is 0 Å². The van der Waals surface area contributed by atoms with Crippen LogP contribution in [0.1, 0.15) is 34.1 Å². The number of hydrogen-bond acceptors (Lipinski definition) is 10. The van der Waals surface area contributed by atoms with Gasteiger partial charge in [-0.25, -0.2) is 9.59 Å². The van der Waals surface area contributed by atoms with Gasteiger partial charge in [-0.15, -0.1) is 0 Å². The zero-order valence-corrected chi connectivity index (χ0v) is 19.2. The molecule has 1 fully saturated rings. The molecular weight excluding hydrogens is 523 g/mol. The smallest absolute Gasteiger partial charge is 0.454 e. The van der Waals surface area contributed by atoms with Gasteiger partial charge in [-0.05, 0) is 31.2 Å². The topological polar surface area (TPSA) is 177 Å². The van der Waals surface area contributed by atoms with Crippen molar-refractivity contribution in [1.82, 2.24) is 5.32 Å². The van der Waals surface area contributed by atoms with E-state index in [0.29, 0.717) is 0 Å². The molecule has 16 heteroatoms. The molecule has 0 spiro atoms. The van der Waals surface area contributed by atoms with E-state index in [0.717, 1.165) is 48.5 Å². The normalized spacial score (nSPS) is 21.2. The van der Waals surface area contributed by atoms with E-state index in [4.69, 9.17) is 14.2 Å². The standard InChI is InChI=1S/C22H18F3N3O10/c1-11-18(38-20(30)13-4-8-15(9-5-13)28(34)35)16(26-21(31)22(23,24)25)10-17(36-11)37-19(29)12-2-6-14(7-3-12)27(32)33/h2-9,11,16-18H,10H2,1H3,(H,26,31)/t11?,16-,17+,18-/m1/s1. The number of alkyl halides is 3. The lowest BCUT2D eigenvalue weighted by Crippen LogP contribution is -2.58. The first kappa shape index (κ1) is 28.0. The maximum Gasteiger partial charge on any atom is 0.471 e. The van der Waals surface area contributed by atoms with Crippen molar-refractivity contribution < 1.29 is 51.6 Å². The zero-order chi connectivity index (χ0) is 28.2. The number of nitrogens with one attached hydrogen (secondary N) is 1. The van der Waals surface area contributed by atoms with Crippen LogP contribution in [0.2, 0.25) is 0 Å². The highest BCUT2D eigenvalue weighted by Gasteiger charge is 2.46. The van der Waals surface area contributed by atoms with E-state index in [1.807, 2.05) is 0 Å². The van der Waals surface area contributed by atoms with Crippen LogP contribution in [0, 0.1) is 20.2 Å². The van der Waals surface area contributed by atoms with Crippen LogP contribution in [-0.2, 0) is 19.0 Å². The summed E-state index contributed by atoms with van der Waals surface area (Å²) < 4.78 is 54.7. The maximum absolute atomic E-state index is 12.9. The van der Waals surface area contributed by atoms with Gasteiger partial charge in [0.2, 0.25) is 6.29 Å². The Kier molecular flexibility index (Phi) is 8.25. The summed E-state index contributed by atoms with van der Waals surface area (Å²) in [5.74, 6) is -4.42. The quantitative estimate of drug-likeness (QED) is 0.311. The lowest BCUT2D eigenvalue weighted by molar-refractivity contribution is -0.385. The highest BCUT2D eigenvalue weighted by Crippen LogP contribution is 2.27. The third-order valence-corrected chi connectivity index (χ3v) is 5.36. The van der Waals surface area contributed by atoms with Gasteiger partial charge in [-0.1, -0.05) is 0 Å². The summed E-state index contributed by atoms with van der Waals surface area (Å²) in [6.45, 7) is 1.30. The predicted octanol–water partition coefficient (Wildman–Crippen LogP) is 3.07. The van der Waals surface area contributed by atoms with Crippen molar-refractivity contribution in [3.05, 3.63) is 79.9 Å². The van der Waals surface area contributed by atoms with Gasteiger partial charge < -0.3 is 19.5 Å². The van der Waals surface area contributed by atoms with Gasteiger partial charge >= 0.3 is 24.0 Å². The molecule has 2 aromatic carbocycles. The summed E-state index contributed by atoms with van der Waals surface area (Å²) in [6.07, 6.45) is -9.99. The van der Waals surface area contributed by atoms with Crippen LogP contribution in [0.15, 0.2) is 48.5 Å². The molecule has 0 aromatic heterocycles. The largest absolute Gasteiger partial charge is 0.471 e. The van der Waals surface area contributed by atoms with Gasteiger partial charge in [0.1, 0.15) is 6.10 Å². The average Bonchev–Trinajstić information content (AvgIpc) is 2.85. The summed E-state index contributed by atoms with van der Waals surface area (Å²) in [4.78, 5) is 56.8. The molecule has 2 aromatic rings. The Morgan fingerprint density at radius 3 is 1.76 bits per heavy atom. The molecule has 0 bridgehead atoms. The Hall–Kier alpha value is -4.60. The molecule has 202 valence electrons. The fraction of sp³-hybridized carbons (Fsp3) is 0.318. The number of benzene rings is 2. The van der Waals surface area contributed by atoms with E-state index in [1.54, 1.807) is 5.32 Å². The second-order valence-electron chi connectivity index (χ2n) is 7.97. The number of halogens is 3. The van der Waals surface area contributed by atoms with Crippen LogP contribution in [0.25, 0.3) is 0 Å². The van der Waals surface area contributed by atoms with E-state index in [1.165, 1.54) is 6.92 Å². The summed E-state index contributed by atoms with van der Waals surface area (Å²) in [7, 11) is 0. The van der Waals surface area contributed by atoms with Crippen molar-refractivity contribution in [2.75, 3.05) is 0 Å². The van der Waals surface area contributed by atoms with Crippen molar-refractivity contribution in [2.45, 2.75) is 44.1 Å². The average molecular weight is 541 g/mol. The lowest BCUT2D eigenvalue weighted by Gasteiger charge is -2.39. The molecule has 1 unspecified atom stereocenters. The molecule has 0 radical (unpaired) electrons. The fourth-order valence-corrected chi connectivity index (χ4v) is 3.50. The maximum atomic E-state index is 12.9. The highest BCUT2D eigenvalue weighted by atomic mass is 19.4. The van der Waals surface area contributed by atoms with Crippen LogP contribution in [0.4, 0.5) is 24.5 Å². The number of rotatable bonds is 7. The number of non-ortho nitro benzene ring substituents is 2.